The Kier molecular flexibility index (Phi) is 7.62. The number of likely N-dealkylation sites (tertiary alicyclic amines) is 1. The van der Waals surface area contributed by atoms with Crippen molar-refractivity contribution in [3.8, 4) is 0 Å². The Bertz CT molecular complexity index is 417. The molecule has 1 aliphatic heterocycles. The Hall–Kier alpha value is -0.660. The van der Waals surface area contributed by atoms with Gasteiger partial charge in [-0.2, -0.15) is 0 Å². The summed E-state index contributed by atoms with van der Waals surface area (Å²) >= 11 is 0. The van der Waals surface area contributed by atoms with Crippen LogP contribution in [0.4, 0.5) is 0 Å². The average Bonchev–Trinajstić information content (AvgIpc) is 2.43. The lowest BCUT2D eigenvalue weighted by Crippen LogP contribution is -2.50. The number of carbonyl (C=O) groups excluding carboxylic acids is 1. The first kappa shape index (κ1) is 18.4. The van der Waals surface area contributed by atoms with Crippen LogP contribution >= 0.6 is 0 Å². The highest BCUT2D eigenvalue weighted by atomic mass is 32.2. The topological polar surface area (TPSA) is 92.5 Å². The first-order valence-corrected chi connectivity index (χ1v) is 9.84. The predicted octanol–water partition coefficient (Wildman–Crippen LogP) is 0.129. The molecule has 1 atom stereocenters. The van der Waals surface area contributed by atoms with Crippen LogP contribution in [0.15, 0.2) is 0 Å². The van der Waals surface area contributed by atoms with Gasteiger partial charge in [-0.05, 0) is 32.2 Å². The zero-order chi connectivity index (χ0) is 15.9. The van der Waals surface area contributed by atoms with Crippen molar-refractivity contribution in [2.24, 2.45) is 5.73 Å². The van der Waals surface area contributed by atoms with E-state index in [0.29, 0.717) is 0 Å². The number of unbranched alkanes of at least 4 members (excludes halogenated alkanes) is 1. The molecular weight excluding hydrogens is 290 g/mol. The van der Waals surface area contributed by atoms with E-state index in [1.54, 1.807) is 0 Å². The SMILES string of the molecule is CCCCN1CCC(NC(=O)C(N)CCS(C)(=O)=O)CC1. The number of hydrogen-bond acceptors (Lipinski definition) is 5. The molecule has 0 bridgehead atoms. The Morgan fingerprint density at radius 2 is 2.00 bits per heavy atom. The van der Waals surface area contributed by atoms with E-state index in [4.69, 9.17) is 5.73 Å². The molecule has 1 heterocycles. The largest absolute Gasteiger partial charge is 0.352 e. The number of nitrogens with one attached hydrogen (secondary N) is 1. The summed E-state index contributed by atoms with van der Waals surface area (Å²) in [6, 6.07) is -0.572. The molecule has 1 saturated heterocycles. The maximum atomic E-state index is 11.9. The molecule has 1 fully saturated rings. The van der Waals surface area contributed by atoms with Gasteiger partial charge in [0.25, 0.3) is 0 Å². The third kappa shape index (κ3) is 7.78. The second kappa shape index (κ2) is 8.70. The molecule has 1 unspecified atom stereocenters. The summed E-state index contributed by atoms with van der Waals surface area (Å²) in [5.41, 5.74) is 5.75. The van der Waals surface area contributed by atoms with Crippen LogP contribution in [0.3, 0.4) is 0 Å². The highest BCUT2D eigenvalue weighted by molar-refractivity contribution is 7.90. The molecule has 0 aromatic rings. The van der Waals surface area contributed by atoms with Crippen molar-refractivity contribution in [1.29, 1.82) is 0 Å². The number of carbonyl (C=O) groups is 1. The number of hydrogen-bond donors (Lipinski definition) is 2. The second-order valence-electron chi connectivity index (χ2n) is 6.00. The van der Waals surface area contributed by atoms with Gasteiger partial charge in [-0.15, -0.1) is 0 Å². The summed E-state index contributed by atoms with van der Waals surface area (Å²) in [4.78, 5) is 14.4. The second-order valence-corrected chi connectivity index (χ2v) is 8.26. The molecule has 0 aromatic carbocycles. The third-order valence-corrected chi connectivity index (χ3v) is 4.88. The number of nitrogens with two attached hydrogens (primary N) is 1. The molecular formula is C14H29N3O3S. The van der Waals surface area contributed by atoms with Crippen molar-refractivity contribution in [3.05, 3.63) is 0 Å². The highest BCUT2D eigenvalue weighted by Gasteiger charge is 2.23. The van der Waals surface area contributed by atoms with E-state index in [9.17, 15) is 13.2 Å². The number of rotatable bonds is 8. The Labute approximate surface area is 128 Å². The highest BCUT2D eigenvalue weighted by Crippen LogP contribution is 2.11. The van der Waals surface area contributed by atoms with E-state index in [2.05, 4.69) is 17.1 Å². The molecule has 0 saturated carbocycles. The van der Waals surface area contributed by atoms with Gasteiger partial charge >= 0.3 is 0 Å². The Morgan fingerprint density at radius 3 is 2.52 bits per heavy atom. The summed E-state index contributed by atoms with van der Waals surface area (Å²) in [7, 11) is -3.07. The fourth-order valence-corrected chi connectivity index (χ4v) is 3.15. The van der Waals surface area contributed by atoms with E-state index in [-0.39, 0.29) is 24.1 Å². The molecule has 0 aromatic heterocycles. The van der Waals surface area contributed by atoms with E-state index in [0.717, 1.165) is 38.7 Å². The number of piperidine rings is 1. The smallest absolute Gasteiger partial charge is 0.237 e. The minimum absolute atomic E-state index is 0.0446. The van der Waals surface area contributed by atoms with Crippen molar-refractivity contribution in [1.82, 2.24) is 10.2 Å². The quantitative estimate of drug-likeness (QED) is 0.663. The first-order valence-electron chi connectivity index (χ1n) is 7.78. The Morgan fingerprint density at radius 1 is 1.38 bits per heavy atom. The molecule has 21 heavy (non-hydrogen) atoms. The third-order valence-electron chi connectivity index (χ3n) is 3.90. The van der Waals surface area contributed by atoms with Crippen LogP contribution in [0, 0.1) is 0 Å². The van der Waals surface area contributed by atoms with E-state index in [1.807, 2.05) is 0 Å². The zero-order valence-corrected chi connectivity index (χ0v) is 14.0. The van der Waals surface area contributed by atoms with Gasteiger partial charge in [-0.25, -0.2) is 8.42 Å². The summed E-state index contributed by atoms with van der Waals surface area (Å²) in [5, 5.41) is 2.95. The van der Waals surface area contributed by atoms with Gasteiger partial charge in [0.05, 0.1) is 11.8 Å². The van der Waals surface area contributed by atoms with Gasteiger partial charge in [0.15, 0.2) is 0 Å². The average molecular weight is 319 g/mol. The van der Waals surface area contributed by atoms with Gasteiger partial charge in [0.2, 0.25) is 5.91 Å². The van der Waals surface area contributed by atoms with Gasteiger partial charge < -0.3 is 16.0 Å². The summed E-state index contributed by atoms with van der Waals surface area (Å²) in [6.45, 7) is 5.32. The molecule has 1 aliphatic rings. The summed E-state index contributed by atoms with van der Waals surface area (Å²) < 4.78 is 22.2. The zero-order valence-electron chi connectivity index (χ0n) is 13.2. The van der Waals surface area contributed by atoms with Crippen LogP contribution < -0.4 is 11.1 Å². The fraction of sp³-hybridized carbons (Fsp3) is 0.929. The fourth-order valence-electron chi connectivity index (χ4n) is 2.46. The van der Waals surface area contributed by atoms with Crippen LogP contribution in [0.5, 0.6) is 0 Å². The monoisotopic (exact) mass is 319 g/mol. The van der Waals surface area contributed by atoms with Gasteiger partial charge in [-0.3, -0.25) is 4.79 Å². The lowest BCUT2D eigenvalue weighted by molar-refractivity contribution is -0.123. The van der Waals surface area contributed by atoms with Crippen LogP contribution in [0.1, 0.15) is 39.0 Å². The Balaban J connectivity index is 2.26. The molecule has 124 valence electrons. The molecule has 1 rings (SSSR count). The molecule has 6 nitrogen and oxygen atoms in total. The van der Waals surface area contributed by atoms with Crippen LogP contribution in [-0.4, -0.2) is 63.0 Å². The van der Waals surface area contributed by atoms with Crippen LogP contribution in [0.2, 0.25) is 0 Å². The minimum atomic E-state index is -3.07. The lowest BCUT2D eigenvalue weighted by Gasteiger charge is -2.32. The predicted molar refractivity (Wildman–Crippen MR) is 84.8 cm³/mol. The first-order chi connectivity index (χ1) is 9.81. The molecule has 1 amide bonds. The standard InChI is InChI=1S/C14H29N3O3S/c1-3-4-8-17-9-5-12(6-10-17)16-14(18)13(15)7-11-21(2,19)20/h12-13H,3-11,15H2,1-2H3,(H,16,18). The van der Waals surface area contributed by atoms with Gasteiger partial charge in [0, 0.05) is 25.4 Å². The number of amides is 1. The maximum absolute atomic E-state index is 11.9. The number of nitrogens with zero attached hydrogens (tertiary/aromatic N) is 1. The van der Waals surface area contributed by atoms with E-state index in [1.165, 1.54) is 12.8 Å². The van der Waals surface area contributed by atoms with E-state index >= 15 is 0 Å². The van der Waals surface area contributed by atoms with Crippen molar-refractivity contribution < 1.29 is 13.2 Å². The molecule has 0 spiro atoms. The van der Waals surface area contributed by atoms with Gasteiger partial charge in [-0.1, -0.05) is 13.3 Å². The minimum Gasteiger partial charge on any atom is -0.352 e. The number of sulfone groups is 1. The molecule has 3 N–H and O–H groups in total. The molecule has 0 aliphatic carbocycles. The summed E-state index contributed by atoms with van der Waals surface area (Å²) in [5.74, 6) is -0.275. The van der Waals surface area contributed by atoms with Gasteiger partial charge in [0.1, 0.15) is 9.84 Å². The van der Waals surface area contributed by atoms with Crippen molar-refractivity contribution in [2.45, 2.75) is 51.1 Å². The van der Waals surface area contributed by atoms with Crippen LogP contribution in [-0.2, 0) is 14.6 Å². The molecule has 7 heteroatoms. The van der Waals surface area contributed by atoms with Crippen LogP contribution in [0.25, 0.3) is 0 Å². The normalized spacial score (nSPS) is 19.4. The van der Waals surface area contributed by atoms with Crippen molar-refractivity contribution >= 4 is 15.7 Å². The van der Waals surface area contributed by atoms with Crippen molar-refractivity contribution in [2.75, 3.05) is 31.6 Å². The summed E-state index contributed by atoms with van der Waals surface area (Å²) in [6.07, 6.45) is 5.63. The lowest BCUT2D eigenvalue weighted by atomic mass is 10.0. The van der Waals surface area contributed by atoms with Crippen molar-refractivity contribution in [3.63, 3.8) is 0 Å². The maximum Gasteiger partial charge on any atom is 0.237 e. The van der Waals surface area contributed by atoms with E-state index < -0.39 is 15.9 Å². The molecule has 0 radical (unpaired) electrons.